The van der Waals surface area contributed by atoms with Crippen molar-refractivity contribution >= 4 is 11.6 Å². The van der Waals surface area contributed by atoms with Crippen LogP contribution in [0.2, 0.25) is 0 Å². The topological polar surface area (TPSA) is 59.5 Å². The van der Waals surface area contributed by atoms with Gasteiger partial charge < -0.3 is 14.1 Å². The summed E-state index contributed by atoms with van der Waals surface area (Å²) in [5, 5.41) is 2.83. The van der Waals surface area contributed by atoms with Crippen LogP contribution in [0.15, 0.2) is 47.2 Å². The Morgan fingerprint density at radius 3 is 3.05 bits per heavy atom. The number of imidazole rings is 1. The third-order valence-corrected chi connectivity index (χ3v) is 2.99. The first-order chi connectivity index (χ1) is 9.25. The minimum absolute atomic E-state index is 0.227. The zero-order valence-electron chi connectivity index (χ0n) is 10.5. The largest absolute Gasteiger partial charge is 0.459 e. The summed E-state index contributed by atoms with van der Waals surface area (Å²) < 4.78 is 7.02. The van der Waals surface area contributed by atoms with Crippen LogP contribution in [0.25, 0.3) is 5.65 Å². The number of furan rings is 1. The van der Waals surface area contributed by atoms with Crippen LogP contribution in [0.1, 0.15) is 21.9 Å². The van der Waals surface area contributed by atoms with Gasteiger partial charge >= 0.3 is 0 Å². The van der Waals surface area contributed by atoms with Crippen LogP contribution >= 0.6 is 0 Å². The molecule has 0 saturated heterocycles. The van der Waals surface area contributed by atoms with Gasteiger partial charge in [-0.3, -0.25) is 4.79 Å². The lowest BCUT2D eigenvalue weighted by Gasteiger charge is -2.04. The van der Waals surface area contributed by atoms with E-state index in [1.54, 1.807) is 12.1 Å². The van der Waals surface area contributed by atoms with Crippen LogP contribution in [-0.4, -0.2) is 15.3 Å². The van der Waals surface area contributed by atoms with E-state index in [0.717, 1.165) is 17.0 Å². The second-order valence-corrected chi connectivity index (χ2v) is 4.23. The first-order valence-electron chi connectivity index (χ1n) is 6.00. The highest BCUT2D eigenvalue weighted by Crippen LogP contribution is 2.11. The van der Waals surface area contributed by atoms with Gasteiger partial charge in [0.1, 0.15) is 5.65 Å². The second kappa shape index (κ2) is 4.61. The molecular weight excluding hydrogens is 242 g/mol. The number of amides is 1. The minimum atomic E-state index is -0.227. The SMILES string of the molecule is Cc1nc2ccccn2c1CNC(=O)c1ccco1. The maximum absolute atomic E-state index is 11.8. The molecule has 5 nitrogen and oxygen atoms in total. The molecule has 3 aromatic rings. The third kappa shape index (κ3) is 2.10. The summed E-state index contributed by atoms with van der Waals surface area (Å²) >= 11 is 0. The van der Waals surface area contributed by atoms with E-state index in [0.29, 0.717) is 12.3 Å². The molecule has 0 bridgehead atoms. The number of fused-ring (bicyclic) bond motifs is 1. The second-order valence-electron chi connectivity index (χ2n) is 4.23. The minimum Gasteiger partial charge on any atom is -0.459 e. The number of carbonyl (C=O) groups is 1. The number of aromatic nitrogens is 2. The van der Waals surface area contributed by atoms with Crippen LogP contribution < -0.4 is 5.32 Å². The van der Waals surface area contributed by atoms with Crippen molar-refractivity contribution in [1.29, 1.82) is 0 Å². The number of rotatable bonds is 3. The van der Waals surface area contributed by atoms with E-state index in [1.165, 1.54) is 6.26 Å². The van der Waals surface area contributed by atoms with Gasteiger partial charge in [0, 0.05) is 6.20 Å². The fourth-order valence-electron chi connectivity index (χ4n) is 2.04. The van der Waals surface area contributed by atoms with Crippen molar-refractivity contribution in [2.45, 2.75) is 13.5 Å². The van der Waals surface area contributed by atoms with Crippen molar-refractivity contribution in [2.24, 2.45) is 0 Å². The van der Waals surface area contributed by atoms with Crippen molar-refractivity contribution in [3.8, 4) is 0 Å². The van der Waals surface area contributed by atoms with E-state index in [4.69, 9.17) is 4.42 Å². The maximum Gasteiger partial charge on any atom is 0.287 e. The van der Waals surface area contributed by atoms with Gasteiger partial charge in [-0.2, -0.15) is 0 Å². The normalized spacial score (nSPS) is 10.8. The molecule has 19 heavy (non-hydrogen) atoms. The quantitative estimate of drug-likeness (QED) is 0.780. The molecule has 0 aliphatic carbocycles. The number of pyridine rings is 1. The van der Waals surface area contributed by atoms with E-state index >= 15 is 0 Å². The van der Waals surface area contributed by atoms with Crippen LogP contribution in [0.4, 0.5) is 0 Å². The van der Waals surface area contributed by atoms with Gasteiger partial charge in [-0.15, -0.1) is 0 Å². The molecule has 1 N–H and O–H groups in total. The Morgan fingerprint density at radius 2 is 2.26 bits per heavy atom. The number of hydrogen-bond acceptors (Lipinski definition) is 3. The van der Waals surface area contributed by atoms with E-state index in [9.17, 15) is 4.79 Å². The summed E-state index contributed by atoms with van der Waals surface area (Å²) in [6, 6.07) is 9.13. The fraction of sp³-hybridized carbons (Fsp3) is 0.143. The van der Waals surface area contributed by atoms with Crippen LogP contribution in [0.3, 0.4) is 0 Å². The van der Waals surface area contributed by atoms with Crippen molar-refractivity contribution in [3.05, 3.63) is 59.9 Å². The highest BCUT2D eigenvalue weighted by molar-refractivity contribution is 5.91. The Morgan fingerprint density at radius 1 is 1.37 bits per heavy atom. The summed E-state index contributed by atoms with van der Waals surface area (Å²) in [5.41, 5.74) is 2.75. The lowest BCUT2D eigenvalue weighted by atomic mass is 10.3. The molecule has 0 atom stereocenters. The molecule has 0 radical (unpaired) electrons. The summed E-state index contributed by atoms with van der Waals surface area (Å²) in [6.45, 7) is 2.35. The highest BCUT2D eigenvalue weighted by atomic mass is 16.3. The molecule has 96 valence electrons. The average molecular weight is 255 g/mol. The Bertz CT molecular complexity index is 713. The van der Waals surface area contributed by atoms with Gasteiger partial charge in [0.15, 0.2) is 5.76 Å². The monoisotopic (exact) mass is 255 g/mol. The number of carbonyl (C=O) groups excluding carboxylic acids is 1. The molecule has 0 aliphatic rings. The molecule has 0 aliphatic heterocycles. The van der Waals surface area contributed by atoms with Crippen LogP contribution in [0, 0.1) is 6.92 Å². The Kier molecular flexibility index (Phi) is 2.79. The van der Waals surface area contributed by atoms with Gasteiger partial charge in [-0.25, -0.2) is 4.98 Å². The lowest BCUT2D eigenvalue weighted by molar-refractivity contribution is 0.0922. The van der Waals surface area contributed by atoms with E-state index in [1.807, 2.05) is 35.7 Å². The zero-order chi connectivity index (χ0) is 13.2. The predicted octanol–water partition coefficient (Wildman–Crippen LogP) is 2.17. The molecule has 0 spiro atoms. The number of hydrogen-bond donors (Lipinski definition) is 1. The Balaban J connectivity index is 1.82. The predicted molar refractivity (Wildman–Crippen MR) is 69.8 cm³/mol. The molecule has 0 saturated carbocycles. The smallest absolute Gasteiger partial charge is 0.287 e. The molecule has 0 aromatic carbocycles. The van der Waals surface area contributed by atoms with Gasteiger partial charge in [0.05, 0.1) is 24.2 Å². The van der Waals surface area contributed by atoms with Crippen molar-refractivity contribution < 1.29 is 9.21 Å². The summed E-state index contributed by atoms with van der Waals surface area (Å²) in [7, 11) is 0. The van der Waals surface area contributed by atoms with Gasteiger partial charge in [0.25, 0.3) is 5.91 Å². The molecule has 0 fully saturated rings. The Labute approximate surface area is 109 Å². The summed E-state index contributed by atoms with van der Waals surface area (Å²) in [4.78, 5) is 16.3. The molecule has 3 rings (SSSR count). The molecule has 3 heterocycles. The highest BCUT2D eigenvalue weighted by Gasteiger charge is 2.11. The van der Waals surface area contributed by atoms with Crippen molar-refractivity contribution in [2.75, 3.05) is 0 Å². The molecule has 1 amide bonds. The number of nitrogens with one attached hydrogen (secondary N) is 1. The molecule has 5 heteroatoms. The fourth-order valence-corrected chi connectivity index (χ4v) is 2.04. The van der Waals surface area contributed by atoms with E-state index < -0.39 is 0 Å². The molecule has 0 unspecified atom stereocenters. The summed E-state index contributed by atoms with van der Waals surface area (Å²) in [5.74, 6) is 0.0850. The maximum atomic E-state index is 11.8. The Hall–Kier alpha value is -2.56. The summed E-state index contributed by atoms with van der Waals surface area (Å²) in [6.07, 6.45) is 3.41. The first-order valence-corrected chi connectivity index (χ1v) is 6.00. The van der Waals surface area contributed by atoms with Gasteiger partial charge in [-0.05, 0) is 31.2 Å². The standard InChI is InChI=1S/C14H13N3O2/c1-10-11(17-7-3-2-6-13(17)16-10)9-15-14(18)12-5-4-8-19-12/h2-8H,9H2,1H3,(H,15,18). The third-order valence-electron chi connectivity index (χ3n) is 2.99. The van der Waals surface area contributed by atoms with Crippen LogP contribution in [-0.2, 0) is 6.54 Å². The molecular formula is C14H13N3O2. The average Bonchev–Trinajstić information content (AvgIpc) is 3.03. The first kappa shape index (κ1) is 11.5. The lowest BCUT2D eigenvalue weighted by Crippen LogP contribution is -2.23. The van der Waals surface area contributed by atoms with Gasteiger partial charge in [0.2, 0.25) is 0 Å². The zero-order valence-corrected chi connectivity index (χ0v) is 10.5. The van der Waals surface area contributed by atoms with Gasteiger partial charge in [-0.1, -0.05) is 6.07 Å². The van der Waals surface area contributed by atoms with Crippen LogP contribution in [0.5, 0.6) is 0 Å². The van der Waals surface area contributed by atoms with Crippen molar-refractivity contribution in [3.63, 3.8) is 0 Å². The number of aryl methyl sites for hydroxylation is 1. The number of nitrogens with zero attached hydrogens (tertiary/aromatic N) is 2. The van der Waals surface area contributed by atoms with E-state index in [2.05, 4.69) is 10.3 Å². The van der Waals surface area contributed by atoms with E-state index in [-0.39, 0.29) is 5.91 Å². The molecule has 3 aromatic heterocycles. The van der Waals surface area contributed by atoms with Crippen molar-refractivity contribution in [1.82, 2.24) is 14.7 Å².